The van der Waals surface area contributed by atoms with Crippen LogP contribution in [0.1, 0.15) is 123 Å². The highest BCUT2D eigenvalue weighted by Crippen LogP contribution is 2.36. The highest BCUT2D eigenvalue weighted by molar-refractivity contribution is 5.98. The summed E-state index contributed by atoms with van der Waals surface area (Å²) < 4.78 is 128. The molecule has 0 spiro atoms. The van der Waals surface area contributed by atoms with Gasteiger partial charge in [-0.2, -0.15) is 28.1 Å². The smallest absolute Gasteiger partial charge is 0.406 e. The number of pyridine rings is 3. The summed E-state index contributed by atoms with van der Waals surface area (Å²) in [5.41, 5.74) is 9.84. The molecule has 0 saturated carbocycles. The first-order chi connectivity index (χ1) is 60.3. The third-order valence-corrected chi connectivity index (χ3v) is 21.6. The van der Waals surface area contributed by atoms with Crippen LogP contribution in [0.3, 0.4) is 0 Å². The standard InChI is InChI=1S/C30H31F3N6O4.C29H29F3N6O5.C28H27F3N6O3/c1-18(2)38-14-12-20(13-15-38)19-4-6-21(7-5-19)35-29-34-16-24-26(40)25(28(41)37-42-3)17-39(27(24)36-29)22-8-10-23(11-9-22)43-30(31,32)33;1-42-36-27(41)24-17-38(21-6-8-22(9-7-21)43-29(30,31)32)26-23(25(24)40)16-33-28(35-26)34-20-4-2-18(3-5-20)19-10-12-37(13-11-19)14-15-39;1-36-13-11-18(12-14-36)17-3-7-20(8-4-17)33-27-32-15-22-24(38)23(26(39)35-40-2)16-37(25(22)34-27)21-9-5-19(6-10-21)28(29,30)31/h4-11,16-18,20H,12-15H2,1-3H3,(H,37,41)(H,34,35,36);2-9,16-17,19,39H,10-15H2,1H3,(H,36,41)(H,33,34,35);3-10,15-16,18H,11-14H2,1-2H3,(H,35,39)(H,32,33,34). The summed E-state index contributed by atoms with van der Waals surface area (Å²) in [7, 11) is 5.78. The highest BCUT2D eigenvalue weighted by atomic mass is 19.4. The molecule has 660 valence electrons. The van der Waals surface area contributed by atoms with Crippen LogP contribution in [0.15, 0.2) is 197 Å². The Hall–Kier alpha value is -13.3. The summed E-state index contributed by atoms with van der Waals surface area (Å²) in [6.45, 7) is 11.4. The van der Waals surface area contributed by atoms with E-state index >= 15 is 0 Å². The van der Waals surface area contributed by atoms with Crippen molar-refractivity contribution in [3.05, 3.63) is 252 Å². The summed E-state index contributed by atoms with van der Waals surface area (Å²) in [6, 6.07) is 38.7. The Kier molecular flexibility index (Phi) is 28.5. The van der Waals surface area contributed by atoms with E-state index in [0.29, 0.717) is 47.4 Å². The van der Waals surface area contributed by atoms with Gasteiger partial charge in [0.15, 0.2) is 16.9 Å². The van der Waals surface area contributed by atoms with Crippen molar-refractivity contribution in [1.29, 1.82) is 0 Å². The summed E-state index contributed by atoms with van der Waals surface area (Å²) in [5.74, 6) is -1.36. The Morgan fingerprint density at radius 3 is 1.02 bits per heavy atom. The molecule has 3 aliphatic rings. The second-order valence-corrected chi connectivity index (χ2v) is 30.1. The number of rotatable bonds is 23. The number of nitrogens with zero attached hydrogens (tertiary/aromatic N) is 12. The van der Waals surface area contributed by atoms with Gasteiger partial charge in [-0.25, -0.2) is 31.4 Å². The number of benzene rings is 6. The number of halogens is 9. The number of ether oxygens (including phenoxy) is 2. The molecule has 0 radical (unpaired) electrons. The molecule has 6 aromatic carbocycles. The number of aromatic nitrogens is 9. The third kappa shape index (κ3) is 22.4. The van der Waals surface area contributed by atoms with E-state index in [2.05, 4.69) is 146 Å². The number of hydrogen-bond acceptors (Lipinski definition) is 24. The Labute approximate surface area is 713 Å². The fraction of sp³-hybridized carbons (Fsp3) is 0.310. The summed E-state index contributed by atoms with van der Waals surface area (Å²) in [6.07, 6.45) is -0.264. The van der Waals surface area contributed by atoms with Crippen LogP contribution in [0, 0.1) is 0 Å². The number of hydroxylamine groups is 3. The molecule has 39 heteroatoms. The van der Waals surface area contributed by atoms with Crippen LogP contribution in [0.4, 0.5) is 74.4 Å². The van der Waals surface area contributed by atoms with E-state index < -0.39 is 70.0 Å². The average Bonchev–Trinajstić information content (AvgIpc) is 0.768. The molecule has 7 N–H and O–H groups in total. The lowest BCUT2D eigenvalue weighted by atomic mass is 9.89. The van der Waals surface area contributed by atoms with Crippen molar-refractivity contribution in [2.45, 2.75) is 95.1 Å². The van der Waals surface area contributed by atoms with Crippen molar-refractivity contribution in [3.63, 3.8) is 0 Å². The van der Waals surface area contributed by atoms with Crippen LogP contribution in [0.5, 0.6) is 11.5 Å². The van der Waals surface area contributed by atoms with Crippen LogP contribution < -0.4 is 58.2 Å². The van der Waals surface area contributed by atoms with Gasteiger partial charge in [0.05, 0.1) is 49.7 Å². The normalized spacial score (nSPS) is 14.7. The van der Waals surface area contributed by atoms with Gasteiger partial charge in [0.1, 0.15) is 28.2 Å². The summed E-state index contributed by atoms with van der Waals surface area (Å²) in [4.78, 5) is 124. The molecule has 0 bridgehead atoms. The van der Waals surface area contributed by atoms with Gasteiger partial charge in [-0.15, -0.1) is 26.3 Å². The monoisotopic (exact) mass is 1750 g/mol. The number of fused-ring (bicyclic) bond motifs is 3. The first-order valence-electron chi connectivity index (χ1n) is 39.8. The predicted molar refractivity (Wildman–Crippen MR) is 450 cm³/mol. The quantitative estimate of drug-likeness (QED) is 0.0231. The van der Waals surface area contributed by atoms with Crippen LogP contribution in [0.2, 0.25) is 0 Å². The van der Waals surface area contributed by atoms with Gasteiger partial charge in [0.2, 0.25) is 34.1 Å². The van der Waals surface area contributed by atoms with Gasteiger partial charge >= 0.3 is 18.9 Å². The van der Waals surface area contributed by atoms with Crippen LogP contribution in [-0.2, 0) is 20.7 Å². The maximum atomic E-state index is 13.2. The van der Waals surface area contributed by atoms with E-state index in [1.807, 2.05) is 48.5 Å². The second-order valence-electron chi connectivity index (χ2n) is 30.1. The van der Waals surface area contributed by atoms with E-state index in [1.165, 1.54) is 125 Å². The Bertz CT molecular complexity index is 6030. The molecule has 0 atom stereocenters. The molecular weight excluding hydrogens is 1660 g/mol. The molecule has 3 saturated heterocycles. The van der Waals surface area contributed by atoms with Crippen molar-refractivity contribution in [2.75, 3.05) is 96.7 Å². The predicted octanol–water partition coefficient (Wildman–Crippen LogP) is 13.8. The molecule has 15 rings (SSSR count). The highest BCUT2D eigenvalue weighted by Gasteiger charge is 2.34. The first kappa shape index (κ1) is 90.4. The Morgan fingerprint density at radius 2 is 0.738 bits per heavy atom. The molecule has 3 fully saturated rings. The minimum atomic E-state index is -4.86. The molecule has 12 aromatic rings. The number of anilines is 6. The van der Waals surface area contributed by atoms with Crippen molar-refractivity contribution < 1.29 is 83.0 Å². The van der Waals surface area contributed by atoms with Gasteiger partial charge in [0.25, 0.3) is 17.7 Å². The minimum absolute atomic E-state index is 0.00631. The zero-order valence-corrected chi connectivity index (χ0v) is 68.7. The van der Waals surface area contributed by atoms with Gasteiger partial charge < -0.3 is 58.9 Å². The summed E-state index contributed by atoms with van der Waals surface area (Å²) >= 11 is 0. The van der Waals surface area contributed by atoms with E-state index in [0.717, 1.165) is 126 Å². The maximum Gasteiger partial charge on any atom is 0.573 e. The van der Waals surface area contributed by atoms with Gasteiger partial charge in [-0.1, -0.05) is 36.4 Å². The topological polar surface area (TPSA) is 343 Å². The lowest BCUT2D eigenvalue weighted by Crippen LogP contribution is -2.37. The fourth-order valence-corrected chi connectivity index (χ4v) is 15.1. The number of piperidine rings is 3. The Balaban J connectivity index is 0.000000162. The van der Waals surface area contributed by atoms with E-state index in [1.54, 1.807) is 0 Å². The molecule has 0 aliphatic carbocycles. The zero-order valence-electron chi connectivity index (χ0n) is 68.7. The van der Waals surface area contributed by atoms with Crippen molar-refractivity contribution >= 4 is 85.7 Å². The number of aliphatic hydroxyl groups excluding tert-OH is 1. The molecule has 9 heterocycles. The molecule has 30 nitrogen and oxygen atoms in total. The largest absolute Gasteiger partial charge is 0.573 e. The molecular formula is C87H87F9N18O12. The molecule has 0 unspecified atom stereocenters. The third-order valence-electron chi connectivity index (χ3n) is 21.6. The second kappa shape index (κ2) is 39.7. The van der Waals surface area contributed by atoms with Crippen LogP contribution >= 0.6 is 0 Å². The molecule has 3 aliphatic heterocycles. The molecule has 3 amide bonds. The summed E-state index contributed by atoms with van der Waals surface area (Å²) in [5, 5.41) is 18.6. The van der Waals surface area contributed by atoms with Gasteiger partial charge in [-0.05, 0) is 242 Å². The van der Waals surface area contributed by atoms with Crippen molar-refractivity contribution in [1.82, 2.24) is 74.7 Å². The molecule has 126 heavy (non-hydrogen) atoms. The number of β-amino-alcohol motifs (C(OH)–C–C–N with tert-alkyl or cyclic N) is 1. The van der Waals surface area contributed by atoms with Crippen LogP contribution in [-0.4, -0.2) is 181 Å². The minimum Gasteiger partial charge on any atom is -0.406 e. The van der Waals surface area contributed by atoms with Crippen LogP contribution in [0.25, 0.3) is 50.2 Å². The number of nitrogens with one attached hydrogen (secondary N) is 6. The first-order valence-corrected chi connectivity index (χ1v) is 39.8. The number of amides is 3. The number of alkyl halides is 9. The van der Waals surface area contributed by atoms with E-state index in [-0.39, 0.29) is 79.9 Å². The number of likely N-dealkylation sites (tertiary alicyclic amines) is 3. The zero-order chi connectivity index (χ0) is 89.7. The van der Waals surface area contributed by atoms with Crippen molar-refractivity contribution in [2.24, 2.45) is 0 Å². The maximum absolute atomic E-state index is 13.2. The lowest BCUT2D eigenvalue weighted by molar-refractivity contribution is -0.275. The number of carbonyl (C=O) groups is 3. The number of aliphatic hydroxyl groups is 1. The van der Waals surface area contributed by atoms with E-state index in [4.69, 9.17) is 5.11 Å². The number of hydrogen-bond donors (Lipinski definition) is 7. The fourth-order valence-electron chi connectivity index (χ4n) is 15.1. The Morgan fingerprint density at radius 1 is 0.437 bits per heavy atom. The van der Waals surface area contributed by atoms with Gasteiger partial charge in [-0.3, -0.25) is 43.3 Å². The SMILES string of the molecule is CONC(=O)c1cn(-c2ccc(C(F)(F)F)cc2)c2nc(Nc3ccc(C4CCN(C)CC4)cc3)ncc2c1=O.CONC(=O)c1cn(-c2ccc(OC(F)(F)F)cc2)c2nc(Nc3ccc(C4CCN(C(C)C)CC4)cc3)ncc2c1=O.CONC(=O)c1cn(-c2ccc(OC(F)(F)F)cc2)c2nc(Nc3ccc(C4CCN(CCO)CC4)cc3)ncc2c1=O. The molecule has 6 aromatic heterocycles. The average molecular weight is 1750 g/mol. The van der Waals surface area contributed by atoms with Gasteiger partial charge in [0, 0.05) is 83.9 Å². The van der Waals surface area contributed by atoms with Crippen molar-refractivity contribution in [3.8, 4) is 28.6 Å². The lowest BCUT2D eigenvalue weighted by Gasteiger charge is -2.34. The van der Waals surface area contributed by atoms with E-state index in [9.17, 15) is 68.3 Å². The number of carbonyl (C=O) groups excluding carboxylic acids is 3.